The summed E-state index contributed by atoms with van der Waals surface area (Å²) in [5.41, 5.74) is 3.77. The van der Waals surface area contributed by atoms with Crippen LogP contribution in [0.25, 0.3) is 6.08 Å². The second-order valence-corrected chi connectivity index (χ2v) is 9.13. The number of hydrogen-bond acceptors (Lipinski definition) is 3. The lowest BCUT2D eigenvalue weighted by Crippen LogP contribution is -2.14. The Kier molecular flexibility index (Phi) is 8.95. The number of amides is 1. The van der Waals surface area contributed by atoms with Crippen LogP contribution in [0.4, 0.5) is 5.69 Å². The average Bonchev–Trinajstić information content (AvgIpc) is 2.81. The molecule has 0 spiro atoms. The Morgan fingerprint density at radius 2 is 1.94 bits per heavy atom. The van der Waals surface area contributed by atoms with Gasteiger partial charge in [-0.15, -0.1) is 6.58 Å². The first-order valence-electron chi connectivity index (χ1n) is 10.3. The maximum absolute atomic E-state index is 12.8. The van der Waals surface area contributed by atoms with E-state index in [0.29, 0.717) is 44.5 Å². The molecule has 3 rings (SSSR count). The highest BCUT2D eigenvalue weighted by Gasteiger charge is 2.14. The topological polar surface area (TPSA) is 62.1 Å². The zero-order chi connectivity index (χ0) is 24.7. The quantitative estimate of drug-likeness (QED) is 0.174. The molecule has 172 valence electrons. The number of carbonyl (C=O) groups excluding carboxylic acids is 1. The number of allylic oxidation sites excluding steroid dienone is 1. The molecular formula is C27H21BrCl2N2O2. The Morgan fingerprint density at radius 3 is 2.62 bits per heavy atom. The maximum atomic E-state index is 12.8. The molecule has 0 aliphatic heterocycles. The Bertz CT molecular complexity index is 1300. The molecule has 0 heterocycles. The van der Waals surface area contributed by atoms with Crippen LogP contribution < -0.4 is 10.1 Å². The lowest BCUT2D eigenvalue weighted by atomic mass is 10.0. The molecule has 0 radical (unpaired) electrons. The third-order valence-electron chi connectivity index (χ3n) is 5.00. The second-order valence-electron chi connectivity index (χ2n) is 7.44. The lowest BCUT2D eigenvalue weighted by molar-refractivity contribution is -0.112. The van der Waals surface area contributed by atoms with E-state index in [9.17, 15) is 10.1 Å². The van der Waals surface area contributed by atoms with Gasteiger partial charge in [-0.3, -0.25) is 4.79 Å². The van der Waals surface area contributed by atoms with E-state index < -0.39 is 5.91 Å². The molecule has 0 aliphatic rings. The van der Waals surface area contributed by atoms with Crippen LogP contribution in [0.2, 0.25) is 10.0 Å². The predicted octanol–water partition coefficient (Wildman–Crippen LogP) is 7.92. The first kappa shape index (κ1) is 25.6. The summed E-state index contributed by atoms with van der Waals surface area (Å²) in [5, 5.41) is 13.6. The number of anilines is 1. The van der Waals surface area contributed by atoms with Gasteiger partial charge in [-0.1, -0.05) is 47.5 Å². The van der Waals surface area contributed by atoms with Gasteiger partial charge in [-0.25, -0.2) is 0 Å². The van der Waals surface area contributed by atoms with Crippen LogP contribution in [0.3, 0.4) is 0 Å². The highest BCUT2D eigenvalue weighted by Crippen LogP contribution is 2.33. The number of rotatable bonds is 8. The Morgan fingerprint density at radius 1 is 1.21 bits per heavy atom. The van der Waals surface area contributed by atoms with Crippen molar-refractivity contribution in [1.82, 2.24) is 0 Å². The standard InChI is InChI=1S/C27H21BrCl2N2O2/c1-3-5-20-12-19(14-23(28)26(20)34-16-18-8-10-22(29)11-9-18)13-21(15-31)27(33)32-25-7-4-6-24(30)17(25)2/h3-4,6-14H,1,5,16H2,2H3,(H,32,33)/b21-13-. The summed E-state index contributed by atoms with van der Waals surface area (Å²) in [5.74, 6) is 0.154. The second kappa shape index (κ2) is 11.9. The summed E-state index contributed by atoms with van der Waals surface area (Å²) < 4.78 is 6.77. The molecule has 0 fully saturated rings. The van der Waals surface area contributed by atoms with Crippen LogP contribution >= 0.6 is 39.1 Å². The normalized spacial score (nSPS) is 11.0. The summed E-state index contributed by atoms with van der Waals surface area (Å²) in [7, 11) is 0. The van der Waals surface area contributed by atoms with Crippen molar-refractivity contribution in [3.05, 3.63) is 110 Å². The molecule has 4 nitrogen and oxygen atoms in total. The minimum atomic E-state index is -0.516. The molecule has 1 amide bonds. The van der Waals surface area contributed by atoms with Gasteiger partial charge in [0.25, 0.3) is 5.91 Å². The number of nitrogens with one attached hydrogen (secondary N) is 1. The summed E-state index contributed by atoms with van der Waals surface area (Å²) in [4.78, 5) is 12.8. The van der Waals surface area contributed by atoms with E-state index in [4.69, 9.17) is 27.9 Å². The monoisotopic (exact) mass is 554 g/mol. The van der Waals surface area contributed by atoms with Crippen molar-refractivity contribution in [2.75, 3.05) is 5.32 Å². The van der Waals surface area contributed by atoms with Crippen molar-refractivity contribution in [1.29, 1.82) is 5.26 Å². The average molecular weight is 556 g/mol. The molecule has 0 saturated heterocycles. The van der Waals surface area contributed by atoms with Crippen LogP contribution in [-0.4, -0.2) is 5.91 Å². The van der Waals surface area contributed by atoms with Crippen molar-refractivity contribution in [2.24, 2.45) is 0 Å². The van der Waals surface area contributed by atoms with Gasteiger partial charge in [-0.2, -0.15) is 5.26 Å². The van der Waals surface area contributed by atoms with Gasteiger partial charge in [0.15, 0.2) is 0 Å². The van der Waals surface area contributed by atoms with E-state index in [1.807, 2.05) is 36.4 Å². The van der Waals surface area contributed by atoms with Gasteiger partial charge in [0.2, 0.25) is 0 Å². The van der Waals surface area contributed by atoms with Crippen molar-refractivity contribution in [3.8, 4) is 11.8 Å². The van der Waals surface area contributed by atoms with E-state index >= 15 is 0 Å². The first-order valence-corrected chi connectivity index (χ1v) is 11.9. The van der Waals surface area contributed by atoms with Gasteiger partial charge in [-0.05, 0) is 94.0 Å². The van der Waals surface area contributed by atoms with Crippen LogP contribution in [-0.2, 0) is 17.8 Å². The summed E-state index contributed by atoms with van der Waals surface area (Å²) in [6.45, 7) is 5.99. The van der Waals surface area contributed by atoms with Gasteiger partial charge in [0.05, 0.1) is 4.47 Å². The molecule has 0 aromatic heterocycles. The van der Waals surface area contributed by atoms with Crippen molar-refractivity contribution >= 4 is 56.8 Å². The number of carbonyl (C=O) groups is 1. The van der Waals surface area contributed by atoms with E-state index in [1.165, 1.54) is 6.08 Å². The molecule has 0 saturated carbocycles. The third kappa shape index (κ3) is 6.51. The Labute approximate surface area is 217 Å². The molecule has 3 aromatic rings. The number of benzene rings is 3. The highest BCUT2D eigenvalue weighted by atomic mass is 79.9. The molecule has 0 atom stereocenters. The lowest BCUT2D eigenvalue weighted by Gasteiger charge is -2.14. The molecule has 0 aliphatic carbocycles. The molecule has 0 bridgehead atoms. The van der Waals surface area contributed by atoms with E-state index in [2.05, 4.69) is 27.8 Å². The third-order valence-corrected chi connectivity index (χ3v) is 6.25. The Balaban J connectivity index is 1.86. The molecule has 34 heavy (non-hydrogen) atoms. The van der Waals surface area contributed by atoms with Crippen LogP contribution in [0.1, 0.15) is 22.3 Å². The minimum absolute atomic E-state index is 0.0364. The highest BCUT2D eigenvalue weighted by molar-refractivity contribution is 9.10. The van der Waals surface area contributed by atoms with Crippen molar-refractivity contribution in [2.45, 2.75) is 20.0 Å². The Hall–Kier alpha value is -3.04. The van der Waals surface area contributed by atoms with Gasteiger partial charge < -0.3 is 10.1 Å². The summed E-state index contributed by atoms with van der Waals surface area (Å²) in [6, 6.07) is 18.3. The van der Waals surface area contributed by atoms with E-state index in [1.54, 1.807) is 37.3 Å². The smallest absolute Gasteiger partial charge is 0.266 e. The molecule has 3 aromatic carbocycles. The molecule has 0 unspecified atom stereocenters. The molecule has 7 heteroatoms. The van der Waals surface area contributed by atoms with Crippen LogP contribution in [0.5, 0.6) is 5.75 Å². The minimum Gasteiger partial charge on any atom is -0.487 e. The molecule has 1 N–H and O–H groups in total. The number of halogens is 3. The van der Waals surface area contributed by atoms with E-state index in [0.717, 1.165) is 16.7 Å². The van der Waals surface area contributed by atoms with Crippen LogP contribution in [0, 0.1) is 18.3 Å². The fraction of sp³-hybridized carbons (Fsp3) is 0.111. The maximum Gasteiger partial charge on any atom is 0.266 e. The fourth-order valence-electron chi connectivity index (χ4n) is 3.21. The van der Waals surface area contributed by atoms with Gasteiger partial charge >= 0.3 is 0 Å². The fourth-order valence-corrected chi connectivity index (χ4v) is 4.14. The van der Waals surface area contributed by atoms with Crippen molar-refractivity contribution in [3.63, 3.8) is 0 Å². The zero-order valence-corrected chi connectivity index (χ0v) is 21.5. The molecular weight excluding hydrogens is 535 g/mol. The van der Waals surface area contributed by atoms with E-state index in [-0.39, 0.29) is 5.57 Å². The van der Waals surface area contributed by atoms with Crippen LogP contribution in [0.15, 0.2) is 77.3 Å². The number of nitriles is 1. The van der Waals surface area contributed by atoms with Crippen molar-refractivity contribution < 1.29 is 9.53 Å². The summed E-state index contributed by atoms with van der Waals surface area (Å²) >= 11 is 15.6. The zero-order valence-electron chi connectivity index (χ0n) is 18.4. The predicted molar refractivity (Wildman–Crippen MR) is 142 cm³/mol. The largest absolute Gasteiger partial charge is 0.487 e. The first-order chi connectivity index (χ1) is 16.3. The van der Waals surface area contributed by atoms with Gasteiger partial charge in [0.1, 0.15) is 24.0 Å². The van der Waals surface area contributed by atoms with Gasteiger partial charge in [0, 0.05) is 15.7 Å². The summed E-state index contributed by atoms with van der Waals surface area (Å²) in [6.07, 6.45) is 3.85. The SMILES string of the molecule is C=CCc1cc(/C=C(/C#N)C(=O)Nc2cccc(Cl)c2C)cc(Br)c1OCc1ccc(Cl)cc1. The number of ether oxygens (including phenoxy) is 1. The number of nitrogens with zero attached hydrogens (tertiary/aromatic N) is 1. The number of hydrogen-bond donors (Lipinski definition) is 1.